The number of hydrogen-bond donors (Lipinski definition) is 2. The summed E-state index contributed by atoms with van der Waals surface area (Å²) in [4.78, 5) is 7.00. The Morgan fingerprint density at radius 3 is 2.43 bits per heavy atom. The Kier molecular flexibility index (Phi) is 10.1. The van der Waals surface area contributed by atoms with Crippen LogP contribution in [0.5, 0.6) is 0 Å². The summed E-state index contributed by atoms with van der Waals surface area (Å²) in [6.45, 7) is 8.41. The highest BCUT2D eigenvalue weighted by atomic mass is 127. The number of aromatic nitrogens is 2. The molecule has 30 heavy (non-hydrogen) atoms. The lowest BCUT2D eigenvalue weighted by atomic mass is 10.0. The van der Waals surface area contributed by atoms with Crippen LogP contribution in [-0.4, -0.2) is 46.8 Å². The van der Waals surface area contributed by atoms with Crippen molar-refractivity contribution in [1.29, 1.82) is 0 Å². The van der Waals surface area contributed by atoms with Crippen molar-refractivity contribution in [2.24, 2.45) is 12.0 Å². The van der Waals surface area contributed by atoms with Crippen LogP contribution < -0.4 is 10.6 Å². The van der Waals surface area contributed by atoms with Gasteiger partial charge in [0.1, 0.15) is 0 Å². The Morgan fingerprint density at radius 1 is 1.13 bits per heavy atom. The molecule has 3 rings (SSSR count). The van der Waals surface area contributed by atoms with E-state index in [-0.39, 0.29) is 24.0 Å². The zero-order valence-corrected chi connectivity index (χ0v) is 21.1. The van der Waals surface area contributed by atoms with Gasteiger partial charge in [-0.3, -0.25) is 14.6 Å². The van der Waals surface area contributed by atoms with Crippen LogP contribution in [0.2, 0.25) is 0 Å². The maximum Gasteiger partial charge on any atom is 0.191 e. The zero-order chi connectivity index (χ0) is 20.6. The molecule has 0 amide bonds. The Labute approximate surface area is 198 Å². The van der Waals surface area contributed by atoms with Gasteiger partial charge in [-0.2, -0.15) is 5.10 Å². The average molecular weight is 524 g/mol. The number of benzene rings is 1. The molecule has 1 saturated heterocycles. The molecule has 1 aliphatic rings. The smallest absolute Gasteiger partial charge is 0.191 e. The minimum Gasteiger partial charge on any atom is -0.354 e. The predicted molar refractivity (Wildman–Crippen MR) is 135 cm³/mol. The molecule has 0 atom stereocenters. The largest absolute Gasteiger partial charge is 0.354 e. The van der Waals surface area contributed by atoms with Crippen LogP contribution in [0.4, 0.5) is 0 Å². The fourth-order valence-electron chi connectivity index (χ4n) is 4.23. The van der Waals surface area contributed by atoms with Crippen LogP contribution in [0.15, 0.2) is 35.3 Å². The van der Waals surface area contributed by atoms with Crippen LogP contribution in [0.3, 0.4) is 0 Å². The lowest BCUT2D eigenvalue weighted by Gasteiger charge is -2.33. The topological polar surface area (TPSA) is 57.5 Å². The van der Waals surface area contributed by atoms with Crippen LogP contribution in [0.1, 0.15) is 49.2 Å². The Bertz CT molecular complexity index is 794. The van der Waals surface area contributed by atoms with E-state index in [9.17, 15) is 0 Å². The minimum absolute atomic E-state index is 0. The summed E-state index contributed by atoms with van der Waals surface area (Å²) in [6.07, 6.45) is 4.23. The lowest BCUT2D eigenvalue weighted by molar-refractivity contribution is 0.198. The van der Waals surface area contributed by atoms with Crippen LogP contribution in [-0.2, 0) is 33.0 Å². The van der Waals surface area contributed by atoms with E-state index in [0.29, 0.717) is 6.04 Å². The first-order valence-electron chi connectivity index (χ1n) is 10.9. The number of halogens is 1. The fraction of sp³-hybridized carbons (Fsp3) is 0.565. The molecule has 166 valence electrons. The molecule has 0 aliphatic carbocycles. The molecular formula is C23H37IN6. The third-order valence-corrected chi connectivity index (χ3v) is 5.86. The number of aryl methyl sites for hydroxylation is 2. The van der Waals surface area contributed by atoms with Crippen LogP contribution >= 0.6 is 24.0 Å². The molecule has 1 fully saturated rings. The summed E-state index contributed by atoms with van der Waals surface area (Å²) in [5, 5.41) is 11.8. The SMILES string of the molecule is CCc1nn(C)c(CC)c1CNC(=NC)NC1CCN(Cc2ccccc2)CC1.I. The van der Waals surface area contributed by atoms with Gasteiger partial charge in [0.15, 0.2) is 5.96 Å². The summed E-state index contributed by atoms with van der Waals surface area (Å²) in [7, 11) is 3.89. The molecule has 1 aliphatic heterocycles. The second-order valence-electron chi connectivity index (χ2n) is 7.81. The maximum absolute atomic E-state index is 4.67. The zero-order valence-electron chi connectivity index (χ0n) is 18.8. The van der Waals surface area contributed by atoms with E-state index < -0.39 is 0 Å². The van der Waals surface area contributed by atoms with Gasteiger partial charge in [-0.15, -0.1) is 24.0 Å². The van der Waals surface area contributed by atoms with Crippen LogP contribution in [0, 0.1) is 0 Å². The molecule has 1 aromatic heterocycles. The van der Waals surface area contributed by atoms with Gasteiger partial charge in [0, 0.05) is 57.6 Å². The van der Waals surface area contributed by atoms with E-state index >= 15 is 0 Å². The first kappa shape index (κ1) is 24.7. The highest BCUT2D eigenvalue weighted by Crippen LogP contribution is 2.16. The minimum atomic E-state index is 0. The molecule has 0 saturated carbocycles. The van der Waals surface area contributed by atoms with Gasteiger partial charge in [0.25, 0.3) is 0 Å². The second kappa shape index (κ2) is 12.3. The number of likely N-dealkylation sites (tertiary alicyclic amines) is 1. The van der Waals surface area contributed by atoms with Crippen molar-refractivity contribution < 1.29 is 0 Å². The highest BCUT2D eigenvalue weighted by Gasteiger charge is 2.20. The number of nitrogens with zero attached hydrogens (tertiary/aromatic N) is 4. The quantitative estimate of drug-likeness (QED) is 0.331. The van der Waals surface area contributed by atoms with Crippen molar-refractivity contribution in [2.75, 3.05) is 20.1 Å². The number of aliphatic imine (C=N–C) groups is 1. The highest BCUT2D eigenvalue weighted by molar-refractivity contribution is 14.0. The summed E-state index contributed by atoms with van der Waals surface area (Å²) >= 11 is 0. The van der Waals surface area contributed by atoms with E-state index in [1.807, 2.05) is 18.8 Å². The van der Waals surface area contributed by atoms with Gasteiger partial charge in [-0.25, -0.2) is 0 Å². The summed E-state index contributed by atoms with van der Waals surface area (Å²) in [5.74, 6) is 0.888. The number of guanidine groups is 1. The second-order valence-corrected chi connectivity index (χ2v) is 7.81. The van der Waals surface area contributed by atoms with Gasteiger partial charge >= 0.3 is 0 Å². The van der Waals surface area contributed by atoms with E-state index in [4.69, 9.17) is 0 Å². The first-order chi connectivity index (χ1) is 14.1. The van der Waals surface area contributed by atoms with Gasteiger partial charge in [0.05, 0.1) is 5.69 Å². The van der Waals surface area contributed by atoms with Crippen molar-refractivity contribution in [3.63, 3.8) is 0 Å². The predicted octanol–water partition coefficient (Wildman–Crippen LogP) is 3.49. The molecule has 2 heterocycles. The molecule has 0 bridgehead atoms. The van der Waals surface area contributed by atoms with E-state index in [1.165, 1.54) is 22.5 Å². The third kappa shape index (κ3) is 6.44. The molecular weight excluding hydrogens is 487 g/mol. The molecule has 0 radical (unpaired) electrons. The van der Waals surface area contributed by atoms with Gasteiger partial charge in [0.2, 0.25) is 0 Å². The maximum atomic E-state index is 4.67. The lowest BCUT2D eigenvalue weighted by Crippen LogP contribution is -2.48. The molecule has 0 spiro atoms. The molecule has 2 aromatic rings. The number of rotatable bonds is 7. The molecule has 2 N–H and O–H groups in total. The molecule has 0 unspecified atom stereocenters. The van der Waals surface area contributed by atoms with Crippen molar-refractivity contribution >= 4 is 29.9 Å². The van der Waals surface area contributed by atoms with E-state index in [0.717, 1.165) is 57.8 Å². The Balaban J connectivity index is 0.00000320. The van der Waals surface area contributed by atoms with Crippen molar-refractivity contribution in [3.8, 4) is 0 Å². The summed E-state index contributed by atoms with van der Waals surface area (Å²) in [6, 6.07) is 11.2. The van der Waals surface area contributed by atoms with Crippen molar-refractivity contribution in [1.82, 2.24) is 25.3 Å². The standard InChI is InChI=1S/C23H36N6.HI/c1-5-21-20(22(6-2)28(4)27-21)16-25-23(24-3)26-19-12-14-29(15-13-19)17-18-10-8-7-9-11-18;/h7-11,19H,5-6,12-17H2,1-4H3,(H2,24,25,26);1H. The number of hydrogen-bond acceptors (Lipinski definition) is 3. The average Bonchev–Trinajstić information content (AvgIpc) is 3.07. The summed E-state index contributed by atoms with van der Waals surface area (Å²) < 4.78 is 2.02. The molecule has 6 nitrogen and oxygen atoms in total. The number of nitrogens with one attached hydrogen (secondary N) is 2. The molecule has 1 aromatic carbocycles. The normalized spacial score (nSPS) is 15.7. The van der Waals surface area contributed by atoms with Gasteiger partial charge < -0.3 is 10.6 Å². The summed E-state index contributed by atoms with van der Waals surface area (Å²) in [5.41, 5.74) is 5.20. The fourth-order valence-corrected chi connectivity index (χ4v) is 4.23. The van der Waals surface area contributed by atoms with E-state index in [2.05, 4.69) is 69.8 Å². The molecule has 7 heteroatoms. The van der Waals surface area contributed by atoms with Gasteiger partial charge in [-0.1, -0.05) is 44.2 Å². The van der Waals surface area contributed by atoms with Gasteiger partial charge in [-0.05, 0) is 31.2 Å². The van der Waals surface area contributed by atoms with Crippen molar-refractivity contribution in [2.45, 2.75) is 58.7 Å². The number of piperidine rings is 1. The third-order valence-electron chi connectivity index (χ3n) is 5.86. The van der Waals surface area contributed by atoms with Crippen LogP contribution in [0.25, 0.3) is 0 Å². The van der Waals surface area contributed by atoms with E-state index in [1.54, 1.807) is 0 Å². The Hall–Kier alpha value is -1.61. The monoisotopic (exact) mass is 524 g/mol. The Morgan fingerprint density at radius 2 is 1.83 bits per heavy atom. The van der Waals surface area contributed by atoms with Crippen molar-refractivity contribution in [3.05, 3.63) is 52.8 Å². The first-order valence-corrected chi connectivity index (χ1v) is 10.9.